The van der Waals surface area contributed by atoms with Crippen LogP contribution in [0.3, 0.4) is 0 Å². The first-order valence-corrected chi connectivity index (χ1v) is 10.2. The van der Waals surface area contributed by atoms with E-state index >= 15 is 0 Å². The van der Waals surface area contributed by atoms with Crippen LogP contribution in [0.5, 0.6) is 5.75 Å². The van der Waals surface area contributed by atoms with Gasteiger partial charge in [-0.15, -0.1) is 0 Å². The van der Waals surface area contributed by atoms with Crippen molar-refractivity contribution in [3.63, 3.8) is 0 Å². The molecule has 5 rings (SSSR count). The van der Waals surface area contributed by atoms with Crippen molar-refractivity contribution in [3.05, 3.63) is 71.8 Å². The van der Waals surface area contributed by atoms with E-state index in [0.717, 1.165) is 34.7 Å². The number of hydrogen-bond acceptors (Lipinski definition) is 3. The Balaban J connectivity index is 1.81. The molecule has 1 fully saturated rings. The van der Waals surface area contributed by atoms with Crippen molar-refractivity contribution < 1.29 is 9.53 Å². The summed E-state index contributed by atoms with van der Waals surface area (Å²) in [6.45, 7) is 4.33. The van der Waals surface area contributed by atoms with Crippen molar-refractivity contribution in [2.75, 3.05) is 7.11 Å². The maximum atomic E-state index is 13.4. The van der Waals surface area contributed by atoms with E-state index in [1.165, 1.54) is 10.8 Å². The van der Waals surface area contributed by atoms with E-state index in [1.807, 2.05) is 12.1 Å². The lowest BCUT2D eigenvalue weighted by atomic mass is 9.63. The number of nitrogens with zero attached hydrogens (tertiary/aromatic N) is 1. The van der Waals surface area contributed by atoms with Crippen LogP contribution in [0.25, 0.3) is 10.8 Å². The first-order valence-electron chi connectivity index (χ1n) is 10.2. The van der Waals surface area contributed by atoms with E-state index in [0.29, 0.717) is 12.2 Å². The Morgan fingerprint density at radius 1 is 0.966 bits per heavy atom. The molecule has 0 amide bonds. The zero-order valence-corrected chi connectivity index (χ0v) is 17.1. The summed E-state index contributed by atoms with van der Waals surface area (Å²) in [6.07, 6.45) is 1.45. The minimum absolute atomic E-state index is 0.0395. The highest BCUT2D eigenvalue weighted by molar-refractivity contribution is 6.12. The molecule has 2 atom stereocenters. The average molecular weight is 383 g/mol. The molecule has 2 unspecified atom stereocenters. The summed E-state index contributed by atoms with van der Waals surface area (Å²) >= 11 is 0. The maximum absolute atomic E-state index is 13.4. The minimum atomic E-state index is -0.201. The van der Waals surface area contributed by atoms with Gasteiger partial charge in [0.25, 0.3) is 0 Å². The third-order valence-electron chi connectivity index (χ3n) is 6.33. The number of hydrogen-bond donors (Lipinski definition) is 0. The number of ketones is 1. The molecule has 1 aliphatic carbocycles. The summed E-state index contributed by atoms with van der Waals surface area (Å²) in [5.74, 6) is 0.874. The number of ether oxygens (including phenoxy) is 1. The highest BCUT2D eigenvalue weighted by atomic mass is 16.5. The van der Waals surface area contributed by atoms with Gasteiger partial charge in [0.15, 0.2) is 0 Å². The second kappa shape index (κ2) is 6.55. The van der Waals surface area contributed by atoms with Crippen molar-refractivity contribution in [1.82, 2.24) is 0 Å². The van der Waals surface area contributed by atoms with Crippen molar-refractivity contribution >= 4 is 28.0 Å². The summed E-state index contributed by atoms with van der Waals surface area (Å²) in [4.78, 5) is 18.5. The van der Waals surface area contributed by atoms with E-state index in [9.17, 15) is 4.79 Å². The summed E-state index contributed by atoms with van der Waals surface area (Å²) in [7, 11) is 1.69. The number of methoxy groups -OCH3 is 1. The standard InChI is InChI=1S/C26H25NO2/c1-26(2)14-21-25(22(28)15-26)23(17-8-6-9-18(13-17)29-3)24-19-10-5-4-7-16(19)11-12-20(24)27-21/h4-13,23,25H,14-15H2,1-3H3. The molecule has 0 aromatic heterocycles. The van der Waals surface area contributed by atoms with Crippen molar-refractivity contribution in [2.24, 2.45) is 16.3 Å². The van der Waals surface area contributed by atoms with E-state index < -0.39 is 0 Å². The van der Waals surface area contributed by atoms with Gasteiger partial charge in [0.1, 0.15) is 11.5 Å². The molecule has 146 valence electrons. The number of rotatable bonds is 2. The summed E-state index contributed by atoms with van der Waals surface area (Å²) in [6, 6.07) is 20.8. The molecular formula is C26H25NO2. The van der Waals surface area contributed by atoms with Crippen molar-refractivity contribution in [3.8, 4) is 5.75 Å². The quantitative estimate of drug-likeness (QED) is 0.538. The fourth-order valence-corrected chi connectivity index (χ4v) is 5.14. The monoisotopic (exact) mass is 383 g/mol. The molecule has 0 bridgehead atoms. The maximum Gasteiger partial charge on any atom is 0.143 e. The summed E-state index contributed by atoms with van der Waals surface area (Å²) in [5.41, 5.74) is 4.26. The smallest absolute Gasteiger partial charge is 0.143 e. The molecular weight excluding hydrogens is 358 g/mol. The first-order chi connectivity index (χ1) is 14.0. The molecule has 0 saturated heterocycles. The molecule has 1 saturated carbocycles. The van der Waals surface area contributed by atoms with Gasteiger partial charge in [0, 0.05) is 18.1 Å². The Hall–Kier alpha value is -2.94. The molecule has 2 aliphatic rings. The Bertz CT molecular complexity index is 1160. The molecule has 0 spiro atoms. The molecule has 1 aliphatic heterocycles. The van der Waals surface area contributed by atoms with Crippen LogP contribution in [0.4, 0.5) is 5.69 Å². The number of fused-ring (bicyclic) bond motifs is 4. The van der Waals surface area contributed by atoms with Gasteiger partial charge in [0.05, 0.1) is 18.7 Å². The van der Waals surface area contributed by atoms with Crippen LogP contribution in [-0.4, -0.2) is 18.6 Å². The predicted octanol–water partition coefficient (Wildman–Crippen LogP) is 6.07. The van der Waals surface area contributed by atoms with Gasteiger partial charge < -0.3 is 4.74 Å². The van der Waals surface area contributed by atoms with Gasteiger partial charge in [-0.25, -0.2) is 0 Å². The van der Waals surface area contributed by atoms with E-state index in [1.54, 1.807) is 7.11 Å². The number of carbonyl (C=O) groups is 1. The van der Waals surface area contributed by atoms with E-state index in [4.69, 9.17) is 9.73 Å². The minimum Gasteiger partial charge on any atom is -0.497 e. The third kappa shape index (κ3) is 2.96. The zero-order valence-electron chi connectivity index (χ0n) is 17.1. The predicted molar refractivity (Wildman–Crippen MR) is 117 cm³/mol. The Morgan fingerprint density at radius 2 is 1.79 bits per heavy atom. The first kappa shape index (κ1) is 18.1. The Kier molecular flexibility index (Phi) is 4.09. The van der Waals surface area contributed by atoms with Crippen LogP contribution in [0, 0.1) is 11.3 Å². The molecule has 3 aromatic carbocycles. The number of carbonyl (C=O) groups excluding carboxylic acids is 1. The van der Waals surface area contributed by atoms with Crippen LogP contribution in [-0.2, 0) is 4.79 Å². The normalized spacial score (nSPS) is 22.6. The summed E-state index contributed by atoms with van der Waals surface area (Å²) in [5, 5.41) is 2.36. The average Bonchev–Trinajstić information content (AvgIpc) is 2.71. The molecule has 29 heavy (non-hydrogen) atoms. The number of benzene rings is 3. The van der Waals surface area contributed by atoms with Gasteiger partial charge in [-0.3, -0.25) is 9.79 Å². The molecule has 1 heterocycles. The van der Waals surface area contributed by atoms with Crippen molar-refractivity contribution in [2.45, 2.75) is 32.6 Å². The largest absolute Gasteiger partial charge is 0.497 e. The second-order valence-corrected chi connectivity index (χ2v) is 9.04. The summed E-state index contributed by atoms with van der Waals surface area (Å²) < 4.78 is 5.50. The van der Waals surface area contributed by atoms with Crippen molar-refractivity contribution in [1.29, 1.82) is 0 Å². The van der Waals surface area contributed by atoms with Gasteiger partial charge in [-0.2, -0.15) is 0 Å². The third-order valence-corrected chi connectivity index (χ3v) is 6.33. The van der Waals surface area contributed by atoms with Crippen LogP contribution < -0.4 is 4.74 Å². The molecule has 0 radical (unpaired) electrons. The molecule has 3 aromatic rings. The fraction of sp³-hybridized carbons (Fsp3) is 0.308. The molecule has 3 nitrogen and oxygen atoms in total. The lowest BCUT2D eigenvalue weighted by Gasteiger charge is -2.41. The second-order valence-electron chi connectivity index (χ2n) is 9.04. The Morgan fingerprint density at radius 3 is 2.62 bits per heavy atom. The molecule has 0 N–H and O–H groups in total. The van der Waals surface area contributed by atoms with Gasteiger partial charge in [-0.1, -0.05) is 56.3 Å². The van der Waals surface area contributed by atoms with Gasteiger partial charge in [-0.05, 0) is 51.9 Å². The van der Waals surface area contributed by atoms with Crippen LogP contribution >= 0.6 is 0 Å². The van der Waals surface area contributed by atoms with Gasteiger partial charge >= 0.3 is 0 Å². The van der Waals surface area contributed by atoms with Crippen LogP contribution in [0.2, 0.25) is 0 Å². The highest BCUT2D eigenvalue weighted by Gasteiger charge is 2.46. The Labute approximate surface area is 171 Å². The number of Topliss-reactive ketones (excluding diaryl/α,β-unsaturated/α-hetero) is 1. The topological polar surface area (TPSA) is 38.7 Å². The highest BCUT2D eigenvalue weighted by Crippen LogP contribution is 2.51. The lowest BCUT2D eigenvalue weighted by molar-refractivity contribution is -0.124. The zero-order chi connectivity index (χ0) is 20.2. The fourth-order valence-electron chi connectivity index (χ4n) is 5.14. The number of aliphatic imine (C=N–C) groups is 1. The molecule has 3 heteroatoms. The van der Waals surface area contributed by atoms with Crippen LogP contribution in [0.1, 0.15) is 43.7 Å². The van der Waals surface area contributed by atoms with E-state index in [-0.39, 0.29) is 17.3 Å². The van der Waals surface area contributed by atoms with Gasteiger partial charge in [0.2, 0.25) is 0 Å². The van der Waals surface area contributed by atoms with Crippen LogP contribution in [0.15, 0.2) is 65.7 Å². The SMILES string of the molecule is COc1cccc(C2c3c(ccc4ccccc34)N=C3CC(C)(C)CC(=O)C32)c1. The van der Waals surface area contributed by atoms with E-state index in [2.05, 4.69) is 62.4 Å². The lowest BCUT2D eigenvalue weighted by Crippen LogP contribution is -2.42.